The number of hydrogen-bond donors (Lipinski definition) is 0. The molecule has 17 heavy (non-hydrogen) atoms. The summed E-state index contributed by atoms with van der Waals surface area (Å²) < 4.78 is 5.43. The number of rotatable bonds is 2. The minimum Gasteiger partial charge on any atom is -0.462 e. The summed E-state index contributed by atoms with van der Waals surface area (Å²) in [5, 5.41) is 0. The van der Waals surface area contributed by atoms with Gasteiger partial charge in [0.1, 0.15) is 6.10 Å². The molecule has 0 amide bonds. The van der Waals surface area contributed by atoms with Crippen LogP contribution in [0.3, 0.4) is 0 Å². The third kappa shape index (κ3) is 4.53. The zero-order valence-corrected chi connectivity index (χ0v) is 11.4. The first-order valence-electron chi connectivity index (χ1n) is 6.84. The second-order valence-electron chi connectivity index (χ2n) is 5.51. The Morgan fingerprint density at radius 1 is 1.18 bits per heavy atom. The van der Waals surface area contributed by atoms with Gasteiger partial charge < -0.3 is 4.74 Å². The molecule has 0 N–H and O–H groups in total. The van der Waals surface area contributed by atoms with Crippen molar-refractivity contribution in [3.05, 3.63) is 12.7 Å². The molecule has 0 aromatic heterocycles. The Kier molecular flexibility index (Phi) is 5.73. The lowest BCUT2D eigenvalue weighted by Crippen LogP contribution is -2.24. The third-order valence-corrected chi connectivity index (χ3v) is 4.09. The Morgan fingerprint density at radius 3 is 2.47 bits per heavy atom. The van der Waals surface area contributed by atoms with Gasteiger partial charge in [-0.25, -0.2) is 0 Å². The molecule has 0 saturated heterocycles. The first kappa shape index (κ1) is 14.3. The Morgan fingerprint density at radius 2 is 1.88 bits per heavy atom. The van der Waals surface area contributed by atoms with E-state index in [1.165, 1.54) is 19.8 Å². The van der Waals surface area contributed by atoms with Crippen LogP contribution in [-0.2, 0) is 9.53 Å². The molecule has 1 saturated carbocycles. The van der Waals surface area contributed by atoms with Crippen molar-refractivity contribution in [3.63, 3.8) is 0 Å². The molecule has 0 heterocycles. The highest BCUT2D eigenvalue weighted by molar-refractivity contribution is 5.66. The molecule has 0 aromatic rings. The highest BCUT2D eigenvalue weighted by Crippen LogP contribution is 2.31. The number of carbonyl (C=O) groups is 1. The van der Waals surface area contributed by atoms with E-state index in [0.29, 0.717) is 17.8 Å². The van der Waals surface area contributed by atoms with Crippen molar-refractivity contribution in [2.75, 3.05) is 0 Å². The van der Waals surface area contributed by atoms with E-state index in [-0.39, 0.29) is 12.1 Å². The molecule has 2 unspecified atom stereocenters. The lowest BCUT2D eigenvalue weighted by Gasteiger charge is -2.23. The maximum atomic E-state index is 11.1. The number of hydrogen-bond acceptors (Lipinski definition) is 2. The van der Waals surface area contributed by atoms with E-state index >= 15 is 0 Å². The molecule has 0 bridgehead atoms. The molecule has 1 rings (SSSR count). The largest absolute Gasteiger partial charge is 0.462 e. The minimum atomic E-state index is -0.144. The van der Waals surface area contributed by atoms with E-state index in [1.807, 2.05) is 0 Å². The van der Waals surface area contributed by atoms with E-state index in [2.05, 4.69) is 26.5 Å². The van der Waals surface area contributed by atoms with Gasteiger partial charge in [-0.15, -0.1) is 6.58 Å². The maximum absolute atomic E-state index is 11.1. The molecule has 1 fully saturated rings. The SMILES string of the molecule is C=CC1CCC(C)[C@@H](OC(C)=O)CCC[C@@H]1C. The third-order valence-electron chi connectivity index (χ3n) is 4.09. The van der Waals surface area contributed by atoms with Crippen molar-refractivity contribution in [2.24, 2.45) is 17.8 Å². The normalized spacial score (nSPS) is 35.2. The van der Waals surface area contributed by atoms with Crippen LogP contribution >= 0.6 is 0 Å². The van der Waals surface area contributed by atoms with Crippen molar-refractivity contribution in [1.82, 2.24) is 0 Å². The van der Waals surface area contributed by atoms with Gasteiger partial charge in [-0.3, -0.25) is 4.79 Å². The van der Waals surface area contributed by atoms with Crippen molar-refractivity contribution in [2.45, 2.75) is 59.0 Å². The van der Waals surface area contributed by atoms with Crippen LogP contribution in [-0.4, -0.2) is 12.1 Å². The van der Waals surface area contributed by atoms with E-state index in [1.54, 1.807) is 0 Å². The molecular weight excluding hydrogens is 212 g/mol. The molecule has 1 aliphatic rings. The smallest absolute Gasteiger partial charge is 0.302 e. The van der Waals surface area contributed by atoms with E-state index in [4.69, 9.17) is 4.74 Å². The predicted molar refractivity (Wildman–Crippen MR) is 70.7 cm³/mol. The lowest BCUT2D eigenvalue weighted by atomic mass is 9.86. The Labute approximate surface area is 105 Å². The molecule has 2 nitrogen and oxygen atoms in total. The molecule has 1 aliphatic carbocycles. The van der Waals surface area contributed by atoms with Crippen molar-refractivity contribution < 1.29 is 9.53 Å². The zero-order valence-electron chi connectivity index (χ0n) is 11.4. The van der Waals surface area contributed by atoms with E-state index in [0.717, 1.165) is 19.3 Å². The van der Waals surface area contributed by atoms with Crippen molar-refractivity contribution >= 4 is 5.97 Å². The molecule has 98 valence electrons. The highest BCUT2D eigenvalue weighted by Gasteiger charge is 2.25. The number of esters is 1. The van der Waals surface area contributed by atoms with Crippen LogP contribution in [0, 0.1) is 17.8 Å². The molecule has 0 aromatic carbocycles. The molecule has 2 heteroatoms. The second kappa shape index (κ2) is 6.83. The van der Waals surface area contributed by atoms with Gasteiger partial charge >= 0.3 is 5.97 Å². The van der Waals surface area contributed by atoms with Gasteiger partial charge in [0.25, 0.3) is 0 Å². The number of carbonyl (C=O) groups excluding carboxylic acids is 1. The van der Waals surface area contributed by atoms with Crippen LogP contribution in [0.2, 0.25) is 0 Å². The first-order valence-corrected chi connectivity index (χ1v) is 6.84. The topological polar surface area (TPSA) is 26.3 Å². The molecule has 0 radical (unpaired) electrons. The van der Waals surface area contributed by atoms with Crippen molar-refractivity contribution in [1.29, 1.82) is 0 Å². The van der Waals surface area contributed by atoms with Gasteiger partial charge in [-0.1, -0.05) is 26.3 Å². The van der Waals surface area contributed by atoms with Crippen LogP contribution in [0.5, 0.6) is 0 Å². The lowest BCUT2D eigenvalue weighted by molar-refractivity contribution is -0.149. The van der Waals surface area contributed by atoms with Crippen molar-refractivity contribution in [3.8, 4) is 0 Å². The first-order chi connectivity index (χ1) is 8.04. The van der Waals surface area contributed by atoms with Crippen LogP contribution < -0.4 is 0 Å². The fraction of sp³-hybridized carbons (Fsp3) is 0.800. The summed E-state index contributed by atoms with van der Waals surface area (Å²) in [4.78, 5) is 11.1. The fourth-order valence-electron chi connectivity index (χ4n) is 2.80. The van der Waals surface area contributed by atoms with Gasteiger partial charge in [0, 0.05) is 6.92 Å². The van der Waals surface area contributed by atoms with Gasteiger partial charge in [-0.2, -0.15) is 0 Å². The predicted octanol–water partition coefficient (Wildman–Crippen LogP) is 3.96. The molecule has 0 spiro atoms. The second-order valence-corrected chi connectivity index (χ2v) is 5.51. The van der Waals surface area contributed by atoms with E-state index < -0.39 is 0 Å². The molecule has 4 atom stereocenters. The highest BCUT2D eigenvalue weighted by atomic mass is 16.5. The fourth-order valence-corrected chi connectivity index (χ4v) is 2.80. The summed E-state index contributed by atoms with van der Waals surface area (Å²) in [6, 6.07) is 0. The number of ether oxygens (including phenoxy) is 1. The number of allylic oxidation sites excluding steroid dienone is 1. The van der Waals surface area contributed by atoms with Crippen LogP contribution in [0.25, 0.3) is 0 Å². The maximum Gasteiger partial charge on any atom is 0.302 e. The van der Waals surface area contributed by atoms with Gasteiger partial charge in [0.2, 0.25) is 0 Å². The summed E-state index contributed by atoms with van der Waals surface area (Å²) >= 11 is 0. The van der Waals surface area contributed by atoms with Crippen LogP contribution in [0.1, 0.15) is 52.9 Å². The Bertz CT molecular complexity index is 260. The standard InChI is InChI=1S/C15H26O2/c1-5-14-10-9-12(3)15(17-13(4)16)8-6-7-11(14)2/h5,11-12,14-15H,1,6-10H2,2-4H3/t11-,12?,14?,15-/m0/s1. The van der Waals surface area contributed by atoms with Gasteiger partial charge in [0.15, 0.2) is 0 Å². The summed E-state index contributed by atoms with van der Waals surface area (Å²) in [6.45, 7) is 9.96. The summed E-state index contributed by atoms with van der Waals surface area (Å²) in [5.74, 6) is 1.64. The molecular formula is C15H26O2. The van der Waals surface area contributed by atoms with Gasteiger partial charge in [-0.05, 0) is 43.4 Å². The summed E-state index contributed by atoms with van der Waals surface area (Å²) in [7, 11) is 0. The van der Waals surface area contributed by atoms with Gasteiger partial charge in [0.05, 0.1) is 0 Å². The average Bonchev–Trinajstić information content (AvgIpc) is 2.32. The minimum absolute atomic E-state index is 0.114. The summed E-state index contributed by atoms with van der Waals surface area (Å²) in [5.41, 5.74) is 0. The Hall–Kier alpha value is -0.790. The molecule has 0 aliphatic heterocycles. The average molecular weight is 238 g/mol. The Balaban J connectivity index is 2.62. The quantitative estimate of drug-likeness (QED) is 0.537. The zero-order chi connectivity index (χ0) is 12.8. The van der Waals surface area contributed by atoms with E-state index in [9.17, 15) is 4.79 Å². The van der Waals surface area contributed by atoms with Crippen LogP contribution in [0.15, 0.2) is 12.7 Å². The van der Waals surface area contributed by atoms with Crippen LogP contribution in [0.4, 0.5) is 0 Å². The monoisotopic (exact) mass is 238 g/mol. The summed E-state index contributed by atoms with van der Waals surface area (Å²) in [6.07, 6.45) is 7.87.